The van der Waals surface area contributed by atoms with E-state index in [2.05, 4.69) is 16.0 Å². The maximum atomic E-state index is 11.1. The van der Waals surface area contributed by atoms with Crippen molar-refractivity contribution in [2.24, 2.45) is 16.9 Å². The van der Waals surface area contributed by atoms with E-state index in [4.69, 9.17) is 4.74 Å². The molecule has 0 radical (unpaired) electrons. The second-order valence-electron chi connectivity index (χ2n) is 5.14. The molecule has 6 heteroatoms. The average molecular weight is 250 g/mol. The summed E-state index contributed by atoms with van der Waals surface area (Å²) in [5.74, 6) is 3.40. The van der Waals surface area contributed by atoms with E-state index in [-0.39, 0.29) is 0 Å². The van der Waals surface area contributed by atoms with Crippen LogP contribution in [0.3, 0.4) is 0 Å². The highest BCUT2D eigenvalue weighted by atomic mass is 16.5. The molecule has 2 N–H and O–H groups in total. The first kappa shape index (κ1) is 11.6. The van der Waals surface area contributed by atoms with Crippen LogP contribution >= 0.6 is 0 Å². The zero-order valence-electron chi connectivity index (χ0n) is 10.5. The highest BCUT2D eigenvalue weighted by Gasteiger charge is 2.43. The number of nitrogens with zero attached hydrogens (tertiary/aromatic N) is 2. The number of ether oxygens (including phenoxy) is 1. The van der Waals surface area contributed by atoms with Crippen molar-refractivity contribution in [1.29, 1.82) is 0 Å². The van der Waals surface area contributed by atoms with Crippen LogP contribution in [0.1, 0.15) is 19.3 Å². The number of hydrazone groups is 1. The summed E-state index contributed by atoms with van der Waals surface area (Å²) >= 11 is 0. The van der Waals surface area contributed by atoms with Gasteiger partial charge in [-0.2, -0.15) is 0 Å². The van der Waals surface area contributed by atoms with Crippen LogP contribution in [0.4, 0.5) is 0 Å². The second kappa shape index (κ2) is 4.63. The van der Waals surface area contributed by atoms with Crippen LogP contribution in [-0.2, 0) is 9.53 Å². The van der Waals surface area contributed by atoms with Crippen molar-refractivity contribution < 1.29 is 9.53 Å². The van der Waals surface area contributed by atoms with E-state index in [1.165, 1.54) is 26.4 Å². The third-order valence-electron chi connectivity index (χ3n) is 4.22. The van der Waals surface area contributed by atoms with Gasteiger partial charge in [0.05, 0.1) is 13.2 Å². The van der Waals surface area contributed by atoms with E-state index in [1.54, 1.807) is 0 Å². The summed E-state index contributed by atoms with van der Waals surface area (Å²) in [7, 11) is 1.52. The Balaban J connectivity index is 1.85. The Morgan fingerprint density at radius 2 is 2.11 bits per heavy atom. The number of fused-ring (bicyclic) bond motifs is 2. The average Bonchev–Trinajstić information content (AvgIpc) is 2.80. The van der Waals surface area contributed by atoms with Gasteiger partial charge in [0.2, 0.25) is 5.70 Å². The van der Waals surface area contributed by atoms with Crippen LogP contribution in [0.5, 0.6) is 0 Å². The van der Waals surface area contributed by atoms with Crippen LogP contribution in [0, 0.1) is 11.8 Å². The van der Waals surface area contributed by atoms with Gasteiger partial charge in [0.1, 0.15) is 0 Å². The molecule has 3 aliphatic rings. The van der Waals surface area contributed by atoms with E-state index in [9.17, 15) is 4.79 Å². The van der Waals surface area contributed by atoms with Gasteiger partial charge in [-0.25, -0.2) is 10.3 Å². The normalized spacial score (nSPS) is 34.7. The number of carbonyl (C=O) groups excluding carboxylic acids is 1. The fraction of sp³-hybridized carbons (Fsp3) is 0.750. The van der Waals surface area contributed by atoms with Gasteiger partial charge < -0.3 is 10.1 Å². The van der Waals surface area contributed by atoms with Gasteiger partial charge in [-0.3, -0.25) is 5.01 Å². The molecule has 0 aromatic heterocycles. The number of piperidine rings is 1. The maximum absolute atomic E-state index is 11.1. The lowest BCUT2D eigenvalue weighted by atomic mass is 9.74. The minimum Gasteiger partial charge on any atom is -0.478 e. The van der Waals surface area contributed by atoms with Gasteiger partial charge >= 0.3 is 0 Å². The van der Waals surface area contributed by atoms with Crippen LogP contribution in [0.15, 0.2) is 10.8 Å². The van der Waals surface area contributed by atoms with Gasteiger partial charge in [-0.1, -0.05) is 6.42 Å². The fourth-order valence-corrected chi connectivity index (χ4v) is 3.45. The predicted octanol–water partition coefficient (Wildman–Crippen LogP) is -0.130. The lowest BCUT2D eigenvalue weighted by Gasteiger charge is -2.46. The number of nitrogens with one attached hydrogen (secondary N) is 2. The molecule has 2 atom stereocenters. The molecule has 0 spiro atoms. The van der Waals surface area contributed by atoms with Gasteiger partial charge in [0.15, 0.2) is 5.94 Å². The first-order valence-electron chi connectivity index (χ1n) is 6.48. The van der Waals surface area contributed by atoms with Crippen molar-refractivity contribution in [3.8, 4) is 0 Å². The lowest BCUT2D eigenvalue weighted by molar-refractivity contribution is 0.0340. The van der Waals surface area contributed by atoms with Crippen LogP contribution in [0.25, 0.3) is 0 Å². The molecule has 0 aromatic carbocycles. The summed E-state index contributed by atoms with van der Waals surface area (Å²) in [5.41, 5.74) is 3.33. The van der Waals surface area contributed by atoms with Crippen molar-refractivity contribution in [3.63, 3.8) is 0 Å². The number of hydrogen-bond acceptors (Lipinski definition) is 6. The zero-order valence-corrected chi connectivity index (χ0v) is 10.5. The maximum Gasteiger partial charge on any atom is 0.269 e. The van der Waals surface area contributed by atoms with Crippen molar-refractivity contribution in [1.82, 2.24) is 15.9 Å². The van der Waals surface area contributed by atoms with E-state index in [0.717, 1.165) is 13.1 Å². The number of hydrogen-bond donors (Lipinski definition) is 2. The molecule has 6 nitrogen and oxygen atoms in total. The zero-order chi connectivity index (χ0) is 12.5. The molecule has 1 aliphatic carbocycles. The summed E-state index contributed by atoms with van der Waals surface area (Å²) in [5, 5.41) is 9.37. The third-order valence-corrected chi connectivity index (χ3v) is 4.22. The molecule has 98 valence electrons. The van der Waals surface area contributed by atoms with E-state index in [0.29, 0.717) is 29.5 Å². The van der Waals surface area contributed by atoms with Crippen molar-refractivity contribution in [2.75, 3.05) is 20.2 Å². The first-order chi connectivity index (χ1) is 8.85. The second-order valence-corrected chi connectivity index (χ2v) is 5.14. The molecule has 2 bridgehead atoms. The Bertz CT molecular complexity index is 394. The number of methoxy groups -OCH3 is 1. The standard InChI is InChI=1S/C12H18N4O2/c1-18-12-10(7-17)16(15-14-12)11-8-3-2-4-9(11)6-13-5-8/h8-9,11,13,15H,2-6H2,1H3. The molecule has 1 saturated carbocycles. The number of rotatable bonds is 1. The molecular weight excluding hydrogens is 232 g/mol. The van der Waals surface area contributed by atoms with Gasteiger partial charge in [0, 0.05) is 13.1 Å². The SMILES string of the molecule is COC1=NNN(C2C3CCCC2CNC3)C1=C=O. The predicted molar refractivity (Wildman–Crippen MR) is 66.1 cm³/mol. The summed E-state index contributed by atoms with van der Waals surface area (Å²) in [6.07, 6.45) is 3.67. The van der Waals surface area contributed by atoms with Crippen molar-refractivity contribution in [2.45, 2.75) is 25.3 Å². The summed E-state index contributed by atoms with van der Waals surface area (Å²) in [6, 6.07) is 0.313. The van der Waals surface area contributed by atoms with Crippen molar-refractivity contribution >= 4 is 11.8 Å². The molecular formula is C12H18N4O2. The molecule has 3 rings (SSSR count). The smallest absolute Gasteiger partial charge is 0.269 e. The topological polar surface area (TPSA) is 66.0 Å². The first-order valence-corrected chi connectivity index (χ1v) is 6.48. The lowest BCUT2D eigenvalue weighted by Crippen LogP contribution is -2.58. The summed E-state index contributed by atoms with van der Waals surface area (Å²) in [6.45, 7) is 2.02. The van der Waals surface area contributed by atoms with Crippen molar-refractivity contribution in [3.05, 3.63) is 5.70 Å². The Morgan fingerprint density at radius 1 is 1.39 bits per heavy atom. The molecule has 18 heavy (non-hydrogen) atoms. The molecule has 0 amide bonds. The summed E-state index contributed by atoms with van der Waals surface area (Å²) in [4.78, 5) is 11.1. The minimum absolute atomic E-state index is 0.313. The highest BCUT2D eigenvalue weighted by Crippen LogP contribution is 2.36. The fourth-order valence-electron chi connectivity index (χ4n) is 3.45. The molecule has 2 fully saturated rings. The monoisotopic (exact) mass is 250 g/mol. The quantitative estimate of drug-likeness (QED) is 0.635. The van der Waals surface area contributed by atoms with Crippen LogP contribution < -0.4 is 10.9 Å². The van der Waals surface area contributed by atoms with Crippen LogP contribution in [-0.4, -0.2) is 43.1 Å². The third kappa shape index (κ3) is 1.69. The van der Waals surface area contributed by atoms with Crippen LogP contribution in [0.2, 0.25) is 0 Å². The number of hydrazine groups is 1. The molecule has 2 unspecified atom stereocenters. The van der Waals surface area contributed by atoms with Gasteiger partial charge in [0.25, 0.3) is 5.90 Å². The molecule has 0 aromatic rings. The van der Waals surface area contributed by atoms with Gasteiger partial charge in [-0.15, -0.1) is 5.10 Å². The van der Waals surface area contributed by atoms with E-state index >= 15 is 0 Å². The molecule has 1 saturated heterocycles. The largest absolute Gasteiger partial charge is 0.478 e. The molecule has 2 aliphatic heterocycles. The Labute approximate surface area is 106 Å². The minimum atomic E-state index is 0.313. The molecule has 2 heterocycles. The Kier molecular flexibility index (Phi) is 2.97. The highest BCUT2D eigenvalue weighted by molar-refractivity contribution is 6.00. The van der Waals surface area contributed by atoms with Gasteiger partial charge in [-0.05, 0) is 24.7 Å². The Morgan fingerprint density at radius 3 is 2.72 bits per heavy atom. The Hall–Kier alpha value is -1.52. The summed E-state index contributed by atoms with van der Waals surface area (Å²) < 4.78 is 5.09. The van der Waals surface area contributed by atoms with E-state index < -0.39 is 0 Å². The van der Waals surface area contributed by atoms with E-state index in [1.807, 2.05) is 11.0 Å².